The number of nitrogens with one attached hydrogen (secondary N) is 1. The number of anilines is 2. The summed E-state index contributed by atoms with van der Waals surface area (Å²) in [5.74, 6) is 0.0729. The number of amides is 1. The van der Waals surface area contributed by atoms with Gasteiger partial charge in [-0.2, -0.15) is 0 Å². The Labute approximate surface area is 145 Å². The molecule has 2 aliphatic rings. The Morgan fingerprint density at radius 3 is 2.67 bits per heavy atom. The van der Waals surface area contributed by atoms with E-state index in [-0.39, 0.29) is 5.91 Å². The van der Waals surface area contributed by atoms with Gasteiger partial charge in [-0.25, -0.2) is 0 Å². The second-order valence-electron chi connectivity index (χ2n) is 6.87. The standard InChI is InChI=1S/C19H29N3O2/c1-21(16-7-3-2-4-8-16)15-19(23)20-17-9-5-6-10-18(17)22-11-13-24-14-12-22/h5-6,9-10,16H,2-4,7-8,11-15H2,1H3,(H,20,23). The fourth-order valence-electron chi connectivity index (χ4n) is 3.73. The van der Waals surface area contributed by atoms with E-state index in [1.165, 1.54) is 32.1 Å². The van der Waals surface area contributed by atoms with Crippen LogP contribution >= 0.6 is 0 Å². The van der Waals surface area contributed by atoms with Gasteiger partial charge in [0, 0.05) is 19.1 Å². The maximum atomic E-state index is 12.5. The van der Waals surface area contributed by atoms with Crippen LogP contribution in [0.5, 0.6) is 0 Å². The van der Waals surface area contributed by atoms with Gasteiger partial charge in [-0.3, -0.25) is 9.69 Å². The molecule has 1 saturated heterocycles. The summed E-state index contributed by atoms with van der Waals surface area (Å²) in [7, 11) is 2.07. The van der Waals surface area contributed by atoms with Gasteiger partial charge < -0.3 is 15.0 Å². The van der Waals surface area contributed by atoms with Gasteiger partial charge in [-0.05, 0) is 32.0 Å². The van der Waals surface area contributed by atoms with Gasteiger partial charge >= 0.3 is 0 Å². The minimum absolute atomic E-state index is 0.0729. The third-order valence-electron chi connectivity index (χ3n) is 5.12. The molecule has 0 radical (unpaired) electrons. The van der Waals surface area contributed by atoms with E-state index in [0.29, 0.717) is 12.6 Å². The largest absolute Gasteiger partial charge is 0.378 e. The minimum Gasteiger partial charge on any atom is -0.378 e. The Hall–Kier alpha value is -1.59. The molecule has 1 aliphatic carbocycles. The number of para-hydroxylation sites is 2. The molecule has 2 fully saturated rings. The minimum atomic E-state index is 0.0729. The molecule has 1 saturated carbocycles. The molecular formula is C19H29N3O2. The van der Waals surface area contributed by atoms with Crippen molar-refractivity contribution in [2.45, 2.75) is 38.1 Å². The van der Waals surface area contributed by atoms with E-state index in [4.69, 9.17) is 4.74 Å². The highest BCUT2D eigenvalue weighted by atomic mass is 16.5. The SMILES string of the molecule is CN(CC(=O)Nc1ccccc1N1CCOCC1)C1CCCCC1. The van der Waals surface area contributed by atoms with Gasteiger partial charge in [-0.15, -0.1) is 0 Å². The molecule has 132 valence electrons. The van der Waals surface area contributed by atoms with Crippen molar-refractivity contribution in [2.75, 3.05) is 50.1 Å². The van der Waals surface area contributed by atoms with Crippen molar-refractivity contribution in [2.24, 2.45) is 0 Å². The summed E-state index contributed by atoms with van der Waals surface area (Å²) in [6.45, 7) is 3.69. The summed E-state index contributed by atoms with van der Waals surface area (Å²) >= 11 is 0. The quantitative estimate of drug-likeness (QED) is 0.901. The number of carbonyl (C=O) groups is 1. The van der Waals surface area contributed by atoms with E-state index in [1.54, 1.807) is 0 Å². The first-order chi connectivity index (χ1) is 11.7. The second kappa shape index (κ2) is 8.49. The molecule has 0 aromatic heterocycles. The Balaban J connectivity index is 1.59. The van der Waals surface area contributed by atoms with Crippen molar-refractivity contribution >= 4 is 17.3 Å². The van der Waals surface area contributed by atoms with Crippen LogP contribution in [0.3, 0.4) is 0 Å². The molecule has 1 amide bonds. The number of likely N-dealkylation sites (N-methyl/N-ethyl adjacent to an activating group) is 1. The Morgan fingerprint density at radius 2 is 1.92 bits per heavy atom. The zero-order valence-electron chi connectivity index (χ0n) is 14.7. The van der Waals surface area contributed by atoms with Gasteiger partial charge in [0.1, 0.15) is 0 Å². The highest BCUT2D eigenvalue weighted by molar-refractivity contribution is 5.95. The monoisotopic (exact) mass is 331 g/mol. The molecule has 1 aliphatic heterocycles. The number of morpholine rings is 1. The topological polar surface area (TPSA) is 44.8 Å². The van der Waals surface area contributed by atoms with Crippen LogP contribution in [0.15, 0.2) is 24.3 Å². The van der Waals surface area contributed by atoms with E-state index in [0.717, 1.165) is 37.7 Å². The Kier molecular flexibility index (Phi) is 6.10. The second-order valence-corrected chi connectivity index (χ2v) is 6.87. The van der Waals surface area contributed by atoms with E-state index in [1.807, 2.05) is 18.2 Å². The predicted molar refractivity (Wildman–Crippen MR) is 97.6 cm³/mol. The van der Waals surface area contributed by atoms with E-state index in [2.05, 4.69) is 28.2 Å². The van der Waals surface area contributed by atoms with Gasteiger partial charge in [0.05, 0.1) is 31.1 Å². The molecule has 0 atom stereocenters. The van der Waals surface area contributed by atoms with Gasteiger partial charge in [0.15, 0.2) is 0 Å². The highest BCUT2D eigenvalue weighted by Gasteiger charge is 2.21. The maximum Gasteiger partial charge on any atom is 0.238 e. The molecule has 24 heavy (non-hydrogen) atoms. The number of nitrogens with zero attached hydrogens (tertiary/aromatic N) is 2. The van der Waals surface area contributed by atoms with Crippen LogP contribution in [0.25, 0.3) is 0 Å². The van der Waals surface area contributed by atoms with Crippen LogP contribution in [0.4, 0.5) is 11.4 Å². The highest BCUT2D eigenvalue weighted by Crippen LogP contribution is 2.26. The predicted octanol–water partition coefficient (Wildman–Crippen LogP) is 2.73. The van der Waals surface area contributed by atoms with Gasteiger partial charge in [-0.1, -0.05) is 31.4 Å². The van der Waals surface area contributed by atoms with Gasteiger partial charge in [0.25, 0.3) is 0 Å². The molecule has 1 heterocycles. The summed E-state index contributed by atoms with van der Waals surface area (Å²) < 4.78 is 5.43. The first-order valence-electron chi connectivity index (χ1n) is 9.16. The molecule has 0 bridgehead atoms. The molecule has 5 heteroatoms. The summed E-state index contributed by atoms with van der Waals surface area (Å²) in [6, 6.07) is 8.62. The normalized spacial score (nSPS) is 19.5. The maximum absolute atomic E-state index is 12.5. The third-order valence-corrected chi connectivity index (χ3v) is 5.12. The average Bonchev–Trinajstić information content (AvgIpc) is 2.63. The summed E-state index contributed by atoms with van der Waals surface area (Å²) in [5.41, 5.74) is 2.00. The molecule has 3 rings (SSSR count). The fourth-order valence-corrected chi connectivity index (χ4v) is 3.73. The van der Waals surface area contributed by atoms with Crippen molar-refractivity contribution in [3.8, 4) is 0 Å². The van der Waals surface area contributed by atoms with Crippen molar-refractivity contribution < 1.29 is 9.53 Å². The molecular weight excluding hydrogens is 302 g/mol. The van der Waals surface area contributed by atoms with E-state index >= 15 is 0 Å². The zero-order chi connectivity index (χ0) is 16.8. The van der Waals surface area contributed by atoms with Crippen molar-refractivity contribution in [1.82, 2.24) is 4.90 Å². The molecule has 0 spiro atoms. The summed E-state index contributed by atoms with van der Waals surface area (Å²) in [4.78, 5) is 17.0. The molecule has 1 aromatic rings. The third kappa shape index (κ3) is 4.48. The van der Waals surface area contributed by atoms with E-state index < -0.39 is 0 Å². The lowest BCUT2D eigenvalue weighted by molar-refractivity contribution is -0.117. The average molecular weight is 331 g/mol. The van der Waals surface area contributed by atoms with Crippen molar-refractivity contribution in [3.63, 3.8) is 0 Å². The number of ether oxygens (including phenoxy) is 1. The van der Waals surface area contributed by atoms with Crippen LogP contribution in [0, 0.1) is 0 Å². The summed E-state index contributed by atoms with van der Waals surface area (Å²) in [5, 5.41) is 3.11. The number of benzene rings is 1. The van der Waals surface area contributed by atoms with Crippen LogP contribution in [0.2, 0.25) is 0 Å². The summed E-state index contributed by atoms with van der Waals surface area (Å²) in [6.07, 6.45) is 6.35. The lowest BCUT2D eigenvalue weighted by Crippen LogP contribution is -2.39. The number of hydrogen-bond donors (Lipinski definition) is 1. The zero-order valence-corrected chi connectivity index (χ0v) is 14.7. The number of rotatable bonds is 5. The van der Waals surface area contributed by atoms with Crippen LogP contribution < -0.4 is 10.2 Å². The number of hydrogen-bond acceptors (Lipinski definition) is 4. The van der Waals surface area contributed by atoms with Crippen LogP contribution in [0.1, 0.15) is 32.1 Å². The Morgan fingerprint density at radius 1 is 1.21 bits per heavy atom. The van der Waals surface area contributed by atoms with Gasteiger partial charge in [0.2, 0.25) is 5.91 Å². The van der Waals surface area contributed by atoms with E-state index in [9.17, 15) is 4.79 Å². The molecule has 5 nitrogen and oxygen atoms in total. The first kappa shape index (κ1) is 17.2. The molecule has 0 unspecified atom stereocenters. The fraction of sp³-hybridized carbons (Fsp3) is 0.632. The smallest absolute Gasteiger partial charge is 0.238 e. The lowest BCUT2D eigenvalue weighted by Gasteiger charge is -2.32. The van der Waals surface area contributed by atoms with Crippen LogP contribution in [-0.4, -0.2) is 56.7 Å². The first-order valence-corrected chi connectivity index (χ1v) is 9.16. The van der Waals surface area contributed by atoms with Crippen molar-refractivity contribution in [1.29, 1.82) is 0 Å². The van der Waals surface area contributed by atoms with Crippen LogP contribution in [-0.2, 0) is 9.53 Å². The number of carbonyl (C=O) groups excluding carboxylic acids is 1. The Bertz CT molecular complexity index is 537. The molecule has 1 aromatic carbocycles. The lowest BCUT2D eigenvalue weighted by atomic mass is 9.94. The van der Waals surface area contributed by atoms with Crippen molar-refractivity contribution in [3.05, 3.63) is 24.3 Å². The molecule has 1 N–H and O–H groups in total.